The molecule has 0 radical (unpaired) electrons. The number of carbonyl (C=O) groups excluding carboxylic acids is 2. The van der Waals surface area contributed by atoms with Gasteiger partial charge in [-0.3, -0.25) is 14.5 Å². The summed E-state index contributed by atoms with van der Waals surface area (Å²) in [5.41, 5.74) is 0.831. The van der Waals surface area contributed by atoms with Gasteiger partial charge in [-0.2, -0.15) is 0 Å². The molecule has 6 rings (SSSR count). The number of carbonyl (C=O) groups is 2. The number of fused-ring (bicyclic) bond motifs is 4. The van der Waals surface area contributed by atoms with Crippen LogP contribution in [0.4, 0.5) is 4.39 Å². The molecule has 8 nitrogen and oxygen atoms in total. The van der Waals surface area contributed by atoms with Crippen molar-refractivity contribution in [1.29, 1.82) is 0 Å². The predicted molar refractivity (Wildman–Crippen MR) is 182 cm³/mol. The fourth-order valence-electron chi connectivity index (χ4n) is 7.41. The third-order valence-electron chi connectivity index (χ3n) is 10.8. The van der Waals surface area contributed by atoms with Gasteiger partial charge in [-0.15, -0.1) is 0 Å². The average Bonchev–Trinajstić information content (AvgIpc) is 3.42. The summed E-state index contributed by atoms with van der Waals surface area (Å²) in [7, 11) is 0.868. The first kappa shape index (κ1) is 33.8. The summed E-state index contributed by atoms with van der Waals surface area (Å²) >= 11 is 3.49. The van der Waals surface area contributed by atoms with Crippen molar-refractivity contribution in [3.8, 4) is 5.88 Å². The average molecular weight is 726 g/mol. The van der Waals surface area contributed by atoms with Crippen LogP contribution in [-0.2, 0) is 22.2 Å². The number of aliphatic hydroxyl groups excluding tert-OH is 1. The minimum absolute atomic E-state index is 0.00297. The fraction of sp³-hybridized carbons (Fsp3) is 0.472. The number of benzene rings is 2. The molecule has 0 amide bonds. The van der Waals surface area contributed by atoms with Crippen LogP contribution in [0.3, 0.4) is 0 Å². The molecule has 0 aliphatic heterocycles. The van der Waals surface area contributed by atoms with E-state index in [0.29, 0.717) is 32.5 Å². The Morgan fingerprint density at radius 1 is 1.11 bits per heavy atom. The Morgan fingerprint density at radius 2 is 1.77 bits per heavy atom. The van der Waals surface area contributed by atoms with Gasteiger partial charge < -0.3 is 18.8 Å². The SMILES string of the molecule is Cc1c(F)c2c(c(C)c1Br)C(O)=C1C(=O)[C@]3(O[Si](C)(C)C(C)(C)C)C(=O)c4c(OCc5ccccc5)noc4[C@@H](N(C)C)[C@@H]3C[C@@H]1C2. The topological polar surface area (TPSA) is 102 Å². The molecule has 1 saturated carbocycles. The molecule has 3 aliphatic carbocycles. The molecule has 1 aromatic heterocycles. The monoisotopic (exact) mass is 724 g/mol. The van der Waals surface area contributed by atoms with Crippen molar-refractivity contribution in [1.82, 2.24) is 10.1 Å². The van der Waals surface area contributed by atoms with Gasteiger partial charge >= 0.3 is 0 Å². The van der Waals surface area contributed by atoms with E-state index in [4.69, 9.17) is 13.7 Å². The highest BCUT2D eigenvalue weighted by atomic mass is 79.9. The molecule has 2 aromatic carbocycles. The second-order valence-electron chi connectivity index (χ2n) is 14.9. The number of hydrogen-bond acceptors (Lipinski definition) is 8. The van der Waals surface area contributed by atoms with Crippen LogP contribution in [0.2, 0.25) is 18.1 Å². The van der Waals surface area contributed by atoms with E-state index >= 15 is 14.0 Å². The van der Waals surface area contributed by atoms with Gasteiger partial charge in [0, 0.05) is 21.5 Å². The van der Waals surface area contributed by atoms with Crippen LogP contribution >= 0.6 is 15.9 Å². The Kier molecular flexibility index (Phi) is 8.26. The molecule has 0 bridgehead atoms. The molecule has 0 unspecified atom stereocenters. The van der Waals surface area contributed by atoms with E-state index in [2.05, 4.69) is 41.9 Å². The molecule has 3 aromatic rings. The highest BCUT2D eigenvalue weighted by Gasteiger charge is 2.69. The molecule has 0 saturated heterocycles. The minimum Gasteiger partial charge on any atom is -0.507 e. The molecule has 1 heterocycles. The molecule has 1 N–H and O–H groups in total. The summed E-state index contributed by atoms with van der Waals surface area (Å²) in [5, 5.41) is 15.8. The lowest BCUT2D eigenvalue weighted by molar-refractivity contribution is -0.140. The molecule has 47 heavy (non-hydrogen) atoms. The van der Waals surface area contributed by atoms with E-state index in [1.807, 2.05) is 62.4 Å². The Labute approximate surface area is 284 Å². The number of nitrogens with zero attached hydrogens (tertiary/aromatic N) is 2. The molecule has 3 aliphatic rings. The number of aromatic nitrogens is 1. The van der Waals surface area contributed by atoms with Crippen molar-refractivity contribution >= 4 is 41.6 Å². The van der Waals surface area contributed by atoms with E-state index < -0.39 is 49.2 Å². The van der Waals surface area contributed by atoms with E-state index in [1.54, 1.807) is 13.8 Å². The summed E-state index contributed by atoms with van der Waals surface area (Å²) in [6.45, 7) is 13.8. The first-order valence-electron chi connectivity index (χ1n) is 16.0. The smallest absolute Gasteiger partial charge is 0.265 e. The Hall–Kier alpha value is -3.12. The van der Waals surface area contributed by atoms with Crippen LogP contribution in [0.5, 0.6) is 5.88 Å². The number of rotatable bonds is 6. The number of Topliss-reactive ketones (excluding diaryl/α,β-unsaturated/α-hetero) is 2. The maximum absolute atomic E-state index is 15.8. The summed E-state index contributed by atoms with van der Waals surface area (Å²) < 4.78 is 35.5. The van der Waals surface area contributed by atoms with Gasteiger partial charge in [0.05, 0.1) is 6.04 Å². The first-order chi connectivity index (χ1) is 21.9. The van der Waals surface area contributed by atoms with E-state index in [0.717, 1.165) is 5.56 Å². The summed E-state index contributed by atoms with van der Waals surface area (Å²) in [5.74, 6) is -2.81. The van der Waals surface area contributed by atoms with Crippen molar-refractivity contribution < 1.29 is 32.8 Å². The standard InChI is InChI=1S/C36H42BrFN2O6Si/c1-18-24-22(28(38)19(2)27(18)37)15-21-16-23-29(40(6)7)31-26(34(39-45-31)44-17-20-13-11-10-12-14-20)33(43)36(23,32(42)25(21)30(24)41)46-47(8,9)35(3,4)5/h10-14,21,23,29,41H,15-17H2,1-9H3/t21-,23-,29-,36-/m0/s1. The predicted octanol–water partition coefficient (Wildman–Crippen LogP) is 8.06. The lowest BCUT2D eigenvalue weighted by atomic mass is 9.57. The Morgan fingerprint density at radius 3 is 2.38 bits per heavy atom. The second-order valence-corrected chi connectivity index (χ2v) is 20.4. The Bertz CT molecular complexity index is 1830. The lowest BCUT2D eigenvalue weighted by Crippen LogP contribution is -2.68. The van der Waals surface area contributed by atoms with Gasteiger partial charge in [-0.25, -0.2) is 4.39 Å². The van der Waals surface area contributed by atoms with E-state index in [-0.39, 0.29) is 47.3 Å². The van der Waals surface area contributed by atoms with Gasteiger partial charge in [-0.05, 0) is 92.2 Å². The van der Waals surface area contributed by atoms with Crippen molar-refractivity contribution in [2.24, 2.45) is 11.8 Å². The molecular formula is C36H42BrFN2O6Si. The van der Waals surface area contributed by atoms with Crippen LogP contribution in [0, 0.1) is 31.5 Å². The highest BCUT2D eigenvalue weighted by molar-refractivity contribution is 9.10. The fourth-order valence-corrected chi connectivity index (χ4v) is 9.23. The maximum atomic E-state index is 15.8. The summed E-state index contributed by atoms with van der Waals surface area (Å²) in [6.07, 6.45) is 0.485. The lowest BCUT2D eigenvalue weighted by Gasteiger charge is -2.55. The molecule has 4 atom stereocenters. The molecular weight excluding hydrogens is 683 g/mol. The van der Waals surface area contributed by atoms with Crippen LogP contribution in [0.25, 0.3) is 5.76 Å². The molecule has 0 spiro atoms. The zero-order valence-corrected chi connectivity index (χ0v) is 31.0. The third-order valence-corrected chi connectivity index (χ3v) is 16.5. The molecule has 1 fully saturated rings. The minimum atomic E-state index is -2.86. The zero-order chi connectivity index (χ0) is 34.4. The maximum Gasteiger partial charge on any atom is 0.265 e. The first-order valence-corrected chi connectivity index (χ1v) is 19.7. The van der Waals surface area contributed by atoms with Crippen LogP contribution in [-0.4, -0.2) is 54.7 Å². The number of aliphatic hydroxyl groups is 1. The van der Waals surface area contributed by atoms with Gasteiger partial charge in [0.1, 0.15) is 23.7 Å². The quantitative estimate of drug-likeness (QED) is 0.201. The molecule has 11 heteroatoms. The van der Waals surface area contributed by atoms with E-state index in [1.165, 1.54) is 0 Å². The van der Waals surface area contributed by atoms with Crippen LogP contribution in [0.15, 0.2) is 44.9 Å². The van der Waals surface area contributed by atoms with Crippen molar-refractivity contribution in [3.63, 3.8) is 0 Å². The van der Waals surface area contributed by atoms with Crippen LogP contribution < -0.4 is 4.74 Å². The van der Waals surface area contributed by atoms with Gasteiger partial charge in [-0.1, -0.05) is 67.0 Å². The summed E-state index contributed by atoms with van der Waals surface area (Å²) in [6, 6.07) is 8.90. The second kappa shape index (κ2) is 11.5. The van der Waals surface area contributed by atoms with Gasteiger partial charge in [0.25, 0.3) is 5.88 Å². The summed E-state index contributed by atoms with van der Waals surface area (Å²) in [4.78, 5) is 32.4. The van der Waals surface area contributed by atoms with E-state index in [9.17, 15) is 5.11 Å². The zero-order valence-electron chi connectivity index (χ0n) is 28.4. The number of ketones is 2. The van der Waals surface area contributed by atoms with Gasteiger partial charge in [0.15, 0.2) is 19.7 Å². The normalized spacial score (nSPS) is 24.2. The van der Waals surface area contributed by atoms with Crippen molar-refractivity contribution in [2.75, 3.05) is 14.1 Å². The number of ether oxygens (including phenoxy) is 1. The highest BCUT2D eigenvalue weighted by Crippen LogP contribution is 2.59. The van der Waals surface area contributed by atoms with Crippen molar-refractivity contribution in [2.45, 2.75) is 83.8 Å². The van der Waals surface area contributed by atoms with Crippen molar-refractivity contribution in [3.05, 3.63) is 85.3 Å². The largest absolute Gasteiger partial charge is 0.507 e. The van der Waals surface area contributed by atoms with Crippen LogP contribution in [0.1, 0.15) is 77.2 Å². The molecule has 250 valence electrons. The number of hydrogen-bond donors (Lipinski definition) is 1. The Balaban J connectivity index is 1.59. The van der Waals surface area contributed by atoms with Gasteiger partial charge in [0.2, 0.25) is 11.6 Å². The third kappa shape index (κ3) is 4.99. The number of halogens is 2.